The van der Waals surface area contributed by atoms with Gasteiger partial charge in [-0.2, -0.15) is 0 Å². The molecule has 3 heterocycles. The van der Waals surface area contributed by atoms with Crippen LogP contribution in [0, 0.1) is 0 Å². The summed E-state index contributed by atoms with van der Waals surface area (Å²) in [7, 11) is 2.17. The summed E-state index contributed by atoms with van der Waals surface area (Å²) < 4.78 is 2.34. The summed E-state index contributed by atoms with van der Waals surface area (Å²) >= 11 is 0. The fraction of sp³-hybridized carbons (Fsp3) is 0.444. The first kappa shape index (κ1) is 21.2. The summed E-state index contributed by atoms with van der Waals surface area (Å²) in [4.78, 5) is 17.3. The number of amides is 1. The quantitative estimate of drug-likeness (QED) is 0.675. The van der Waals surface area contributed by atoms with Crippen LogP contribution in [0.25, 0.3) is 10.9 Å². The zero-order valence-corrected chi connectivity index (χ0v) is 19.4. The summed E-state index contributed by atoms with van der Waals surface area (Å²) in [6, 6.07) is 15.5. The van der Waals surface area contributed by atoms with Crippen molar-refractivity contribution in [1.29, 1.82) is 0 Å². The topological polar surface area (TPSA) is 40.5 Å². The van der Waals surface area contributed by atoms with E-state index in [0.717, 1.165) is 64.1 Å². The molecule has 1 fully saturated rings. The number of piperazine rings is 1. The third-order valence-electron chi connectivity index (χ3n) is 7.27. The molecule has 1 amide bonds. The number of rotatable bonds is 5. The maximum atomic E-state index is 13.0. The van der Waals surface area contributed by atoms with Gasteiger partial charge in [-0.25, -0.2) is 0 Å². The van der Waals surface area contributed by atoms with Crippen molar-refractivity contribution in [3.8, 4) is 0 Å². The van der Waals surface area contributed by atoms with Gasteiger partial charge in [0.15, 0.2) is 0 Å². The maximum absolute atomic E-state index is 13.0. The van der Waals surface area contributed by atoms with Crippen LogP contribution in [0.1, 0.15) is 29.3 Å². The van der Waals surface area contributed by atoms with Gasteiger partial charge in [0.25, 0.3) is 0 Å². The molecule has 0 spiro atoms. The Hall–Kier alpha value is -2.63. The molecule has 2 aliphatic heterocycles. The molecule has 0 radical (unpaired) electrons. The van der Waals surface area contributed by atoms with Crippen molar-refractivity contribution in [2.24, 2.45) is 7.05 Å². The van der Waals surface area contributed by atoms with E-state index in [1.54, 1.807) is 0 Å². The second-order valence-corrected chi connectivity index (χ2v) is 9.18. The molecule has 3 aromatic rings. The fourth-order valence-electron chi connectivity index (χ4n) is 5.28. The molecule has 2 aromatic carbocycles. The van der Waals surface area contributed by atoms with Crippen LogP contribution in [0.5, 0.6) is 0 Å². The van der Waals surface area contributed by atoms with Crippen LogP contribution in [-0.2, 0) is 37.5 Å². The summed E-state index contributed by atoms with van der Waals surface area (Å²) in [5.41, 5.74) is 7.92. The monoisotopic (exact) mass is 430 g/mol. The lowest BCUT2D eigenvalue weighted by Gasteiger charge is -2.34. The molecule has 5 rings (SSSR count). The van der Waals surface area contributed by atoms with E-state index in [0.29, 0.717) is 6.54 Å². The Labute approximate surface area is 191 Å². The number of hydrogen-bond donors (Lipinski definition) is 1. The van der Waals surface area contributed by atoms with Crippen molar-refractivity contribution in [3.63, 3.8) is 0 Å². The SMILES string of the molecule is CCc1ccc(CCN2CCN(c3ccc4c5c(n(C)c4c3)CCNCC5)C(=O)C2)cc1. The Morgan fingerprint density at radius 2 is 1.75 bits per heavy atom. The van der Waals surface area contributed by atoms with Crippen LogP contribution in [-0.4, -0.2) is 54.6 Å². The van der Waals surface area contributed by atoms with E-state index in [4.69, 9.17) is 0 Å². The number of nitrogens with zero attached hydrogens (tertiary/aromatic N) is 3. The van der Waals surface area contributed by atoms with Crippen molar-refractivity contribution in [2.75, 3.05) is 44.2 Å². The lowest BCUT2D eigenvalue weighted by molar-refractivity contribution is -0.121. The van der Waals surface area contributed by atoms with Crippen LogP contribution >= 0.6 is 0 Å². The molecule has 1 saturated heterocycles. The predicted octanol–water partition coefficient (Wildman–Crippen LogP) is 3.32. The number of benzene rings is 2. The smallest absolute Gasteiger partial charge is 0.241 e. The molecule has 0 unspecified atom stereocenters. The molecule has 0 atom stereocenters. The minimum Gasteiger partial charge on any atom is -0.347 e. The van der Waals surface area contributed by atoms with Crippen LogP contribution in [0.3, 0.4) is 0 Å². The molecule has 5 nitrogen and oxygen atoms in total. The number of aromatic nitrogens is 1. The van der Waals surface area contributed by atoms with E-state index in [1.807, 2.05) is 4.90 Å². The second-order valence-electron chi connectivity index (χ2n) is 9.18. The van der Waals surface area contributed by atoms with Crippen LogP contribution in [0.15, 0.2) is 42.5 Å². The normalized spacial score (nSPS) is 17.6. The molecule has 0 bridgehead atoms. The molecule has 1 aromatic heterocycles. The van der Waals surface area contributed by atoms with Gasteiger partial charge in [-0.1, -0.05) is 37.3 Å². The fourth-order valence-corrected chi connectivity index (χ4v) is 5.28. The standard InChI is InChI=1S/C27H34N4O/c1-3-20-4-6-21(7-5-20)12-15-30-16-17-31(27(32)19-30)22-8-9-23-24-10-13-28-14-11-25(24)29(2)26(23)18-22/h4-9,18,28H,3,10-17,19H2,1-2H3. The van der Waals surface area contributed by atoms with E-state index in [2.05, 4.69) is 71.2 Å². The Balaban J connectivity index is 1.27. The second kappa shape index (κ2) is 9.08. The summed E-state index contributed by atoms with van der Waals surface area (Å²) in [5, 5.41) is 4.84. The van der Waals surface area contributed by atoms with Gasteiger partial charge in [-0.15, -0.1) is 0 Å². The Morgan fingerprint density at radius 3 is 2.53 bits per heavy atom. The summed E-state index contributed by atoms with van der Waals surface area (Å²) in [6.45, 7) is 7.37. The highest BCUT2D eigenvalue weighted by Crippen LogP contribution is 2.31. The van der Waals surface area contributed by atoms with Gasteiger partial charge < -0.3 is 14.8 Å². The average Bonchev–Trinajstić information content (AvgIpc) is 2.97. The summed E-state index contributed by atoms with van der Waals surface area (Å²) in [6.07, 6.45) is 4.21. The van der Waals surface area contributed by atoms with Gasteiger partial charge >= 0.3 is 0 Å². The number of hydrogen-bond acceptors (Lipinski definition) is 3. The zero-order valence-electron chi connectivity index (χ0n) is 19.4. The molecule has 1 N–H and O–H groups in total. The van der Waals surface area contributed by atoms with E-state index in [1.165, 1.54) is 33.3 Å². The van der Waals surface area contributed by atoms with Gasteiger partial charge in [0.2, 0.25) is 5.91 Å². The Kier molecular flexibility index (Phi) is 6.03. The van der Waals surface area contributed by atoms with Gasteiger partial charge in [0, 0.05) is 56.4 Å². The third kappa shape index (κ3) is 4.07. The van der Waals surface area contributed by atoms with E-state index >= 15 is 0 Å². The highest BCUT2D eigenvalue weighted by molar-refractivity contribution is 5.98. The van der Waals surface area contributed by atoms with Crippen molar-refractivity contribution in [3.05, 3.63) is 64.8 Å². The van der Waals surface area contributed by atoms with Crippen LogP contribution < -0.4 is 10.2 Å². The van der Waals surface area contributed by atoms with Crippen molar-refractivity contribution < 1.29 is 4.79 Å². The molecular formula is C27H34N4O. The number of carbonyl (C=O) groups is 1. The van der Waals surface area contributed by atoms with Gasteiger partial charge in [-0.05, 0) is 54.6 Å². The number of fused-ring (bicyclic) bond motifs is 3. The molecule has 32 heavy (non-hydrogen) atoms. The molecule has 2 aliphatic rings. The first-order chi connectivity index (χ1) is 15.6. The maximum Gasteiger partial charge on any atom is 0.241 e. The zero-order chi connectivity index (χ0) is 22.1. The van der Waals surface area contributed by atoms with E-state index in [9.17, 15) is 4.79 Å². The molecule has 0 aliphatic carbocycles. The van der Waals surface area contributed by atoms with Crippen LogP contribution in [0.4, 0.5) is 5.69 Å². The molecule has 168 valence electrons. The lowest BCUT2D eigenvalue weighted by Crippen LogP contribution is -2.50. The highest BCUT2D eigenvalue weighted by Gasteiger charge is 2.26. The lowest BCUT2D eigenvalue weighted by atomic mass is 10.1. The first-order valence-corrected chi connectivity index (χ1v) is 12.1. The predicted molar refractivity (Wildman–Crippen MR) is 132 cm³/mol. The number of anilines is 1. The van der Waals surface area contributed by atoms with Crippen molar-refractivity contribution in [2.45, 2.75) is 32.6 Å². The molecule has 0 saturated carbocycles. The van der Waals surface area contributed by atoms with Gasteiger partial charge in [-0.3, -0.25) is 9.69 Å². The van der Waals surface area contributed by atoms with Gasteiger partial charge in [0.1, 0.15) is 0 Å². The van der Waals surface area contributed by atoms with Crippen molar-refractivity contribution in [1.82, 2.24) is 14.8 Å². The van der Waals surface area contributed by atoms with Crippen molar-refractivity contribution >= 4 is 22.5 Å². The van der Waals surface area contributed by atoms with Gasteiger partial charge in [0.05, 0.1) is 12.1 Å². The number of carbonyl (C=O) groups excluding carboxylic acids is 1. The average molecular weight is 431 g/mol. The highest BCUT2D eigenvalue weighted by atomic mass is 16.2. The molecular weight excluding hydrogens is 396 g/mol. The molecule has 5 heteroatoms. The van der Waals surface area contributed by atoms with Crippen LogP contribution in [0.2, 0.25) is 0 Å². The number of nitrogens with one attached hydrogen (secondary N) is 1. The Bertz CT molecular complexity index is 1110. The minimum absolute atomic E-state index is 0.205. The summed E-state index contributed by atoms with van der Waals surface area (Å²) in [5.74, 6) is 0.205. The first-order valence-electron chi connectivity index (χ1n) is 12.1. The number of aryl methyl sites for hydroxylation is 2. The largest absolute Gasteiger partial charge is 0.347 e. The minimum atomic E-state index is 0.205. The third-order valence-corrected chi connectivity index (χ3v) is 7.27. The Morgan fingerprint density at radius 1 is 0.969 bits per heavy atom. The van der Waals surface area contributed by atoms with E-state index in [-0.39, 0.29) is 5.91 Å². The van der Waals surface area contributed by atoms with E-state index < -0.39 is 0 Å².